The van der Waals surface area contributed by atoms with E-state index in [9.17, 15) is 5.11 Å². The van der Waals surface area contributed by atoms with Crippen molar-refractivity contribution in [2.45, 2.75) is 88.3 Å². The number of rotatable bonds is 6. The summed E-state index contributed by atoms with van der Waals surface area (Å²) in [6.45, 7) is 8.47. The molecule has 0 amide bonds. The van der Waals surface area contributed by atoms with E-state index in [4.69, 9.17) is 4.74 Å². The summed E-state index contributed by atoms with van der Waals surface area (Å²) in [7, 11) is 1.77. The highest BCUT2D eigenvalue weighted by Gasteiger charge is 2.62. The molecule has 2 aromatic rings. The van der Waals surface area contributed by atoms with Gasteiger partial charge in [0.05, 0.1) is 25.5 Å². The topological polar surface area (TPSA) is 53.8 Å². The van der Waals surface area contributed by atoms with Gasteiger partial charge in [0.25, 0.3) is 0 Å². The van der Waals surface area contributed by atoms with E-state index in [-0.39, 0.29) is 11.5 Å². The minimum Gasteiger partial charge on any atom is -0.497 e. The van der Waals surface area contributed by atoms with Gasteiger partial charge in [-0.3, -0.25) is 9.58 Å². The number of fused-ring (bicyclic) bond motifs is 1. The summed E-state index contributed by atoms with van der Waals surface area (Å²) in [6, 6.07) is 6.92. The number of benzene rings is 1. The standard InChI is InChI=1S/C30H44N4O2/c1-23-20-31-34(21-23)17-16-32-13-5-3-4-10-30(35)28-18-25-8-9-26(36-2)19-27(25)29(30,11-14-32)12-15-33(28)22-24-6-7-24/h8-9,19-21,24,28,35H,3-7,10-18,22H2,1-2H3. The molecule has 0 radical (unpaired) electrons. The lowest BCUT2D eigenvalue weighted by atomic mass is 9.52. The fourth-order valence-electron chi connectivity index (χ4n) is 7.66. The van der Waals surface area contributed by atoms with Crippen LogP contribution in [0, 0.1) is 12.8 Å². The highest BCUT2D eigenvalue weighted by atomic mass is 16.5. The molecule has 3 atom stereocenters. The van der Waals surface area contributed by atoms with E-state index in [1.165, 1.54) is 48.9 Å². The predicted octanol–water partition coefficient (Wildman–Crippen LogP) is 4.18. The maximum Gasteiger partial charge on any atom is 0.119 e. The summed E-state index contributed by atoms with van der Waals surface area (Å²) in [5, 5.41) is 17.4. The number of hydrogen-bond donors (Lipinski definition) is 1. The summed E-state index contributed by atoms with van der Waals surface area (Å²) in [6.07, 6.45) is 14.3. The number of ether oxygens (including phenoxy) is 1. The SMILES string of the molecule is COc1ccc2c(c1)C13CCN(CCn4cc(C)cn4)CCCCCC1(O)C(C2)N(CC1CC1)CC3. The van der Waals surface area contributed by atoms with Crippen molar-refractivity contribution in [2.24, 2.45) is 5.92 Å². The minimum atomic E-state index is -0.679. The number of methoxy groups -OCH3 is 1. The van der Waals surface area contributed by atoms with Crippen molar-refractivity contribution in [2.75, 3.05) is 39.8 Å². The fourth-order valence-corrected chi connectivity index (χ4v) is 7.66. The second-order valence-electron chi connectivity index (χ2n) is 12.1. The van der Waals surface area contributed by atoms with Crippen LogP contribution in [0.2, 0.25) is 0 Å². The molecule has 2 aliphatic heterocycles. The molecule has 2 saturated heterocycles. The van der Waals surface area contributed by atoms with Crippen LogP contribution in [0.4, 0.5) is 0 Å². The van der Waals surface area contributed by atoms with Gasteiger partial charge in [-0.05, 0) is 106 Å². The Hall–Kier alpha value is -1.89. The molecule has 1 N–H and O–H groups in total. The van der Waals surface area contributed by atoms with Crippen molar-refractivity contribution in [3.8, 4) is 5.75 Å². The van der Waals surface area contributed by atoms with Crippen molar-refractivity contribution in [1.82, 2.24) is 19.6 Å². The molecule has 36 heavy (non-hydrogen) atoms. The van der Waals surface area contributed by atoms with Crippen LogP contribution in [0.15, 0.2) is 30.6 Å². The molecule has 4 aliphatic rings. The van der Waals surface area contributed by atoms with E-state index < -0.39 is 5.60 Å². The molecule has 1 saturated carbocycles. The normalized spacial score (nSPS) is 31.5. The van der Waals surface area contributed by atoms with Crippen LogP contribution in [0.3, 0.4) is 0 Å². The lowest BCUT2D eigenvalue weighted by molar-refractivity contribution is -0.157. The second-order valence-corrected chi connectivity index (χ2v) is 12.1. The van der Waals surface area contributed by atoms with Crippen LogP contribution in [-0.2, 0) is 18.4 Å². The van der Waals surface area contributed by atoms with Crippen molar-refractivity contribution in [3.63, 3.8) is 0 Å². The highest BCUT2D eigenvalue weighted by molar-refractivity contribution is 5.48. The quantitative estimate of drug-likeness (QED) is 0.656. The van der Waals surface area contributed by atoms with Crippen molar-refractivity contribution >= 4 is 0 Å². The maximum absolute atomic E-state index is 12.9. The first-order chi connectivity index (χ1) is 17.5. The Labute approximate surface area is 216 Å². The third kappa shape index (κ3) is 4.39. The van der Waals surface area contributed by atoms with Crippen molar-refractivity contribution in [1.29, 1.82) is 0 Å². The van der Waals surface area contributed by atoms with Crippen molar-refractivity contribution in [3.05, 3.63) is 47.3 Å². The fraction of sp³-hybridized carbons (Fsp3) is 0.700. The summed E-state index contributed by atoms with van der Waals surface area (Å²) < 4.78 is 7.79. The molecule has 3 heterocycles. The van der Waals surface area contributed by atoms with Gasteiger partial charge in [0.2, 0.25) is 0 Å². The maximum atomic E-state index is 12.9. The van der Waals surface area contributed by atoms with E-state index in [0.717, 1.165) is 76.5 Å². The number of piperidine rings is 1. The Kier molecular flexibility index (Phi) is 6.63. The van der Waals surface area contributed by atoms with Gasteiger partial charge in [-0.1, -0.05) is 18.9 Å². The minimum absolute atomic E-state index is 0.211. The van der Waals surface area contributed by atoms with Gasteiger partial charge in [-0.15, -0.1) is 0 Å². The van der Waals surface area contributed by atoms with Crippen LogP contribution in [0.5, 0.6) is 5.75 Å². The highest BCUT2D eigenvalue weighted by Crippen LogP contribution is 2.56. The number of aliphatic hydroxyl groups is 1. The van der Waals surface area contributed by atoms with Crippen LogP contribution < -0.4 is 4.74 Å². The monoisotopic (exact) mass is 492 g/mol. The Bertz CT molecular complexity index is 1060. The molecule has 196 valence electrons. The first-order valence-electron chi connectivity index (χ1n) is 14.4. The van der Waals surface area contributed by atoms with Gasteiger partial charge < -0.3 is 14.7 Å². The third-order valence-corrected chi connectivity index (χ3v) is 9.88. The van der Waals surface area contributed by atoms with Crippen LogP contribution in [-0.4, -0.2) is 76.2 Å². The van der Waals surface area contributed by atoms with Gasteiger partial charge >= 0.3 is 0 Å². The number of hydrogen-bond acceptors (Lipinski definition) is 5. The first-order valence-corrected chi connectivity index (χ1v) is 14.4. The molecular weight excluding hydrogens is 448 g/mol. The Morgan fingerprint density at radius 1 is 1.06 bits per heavy atom. The molecular formula is C30H44N4O2. The Morgan fingerprint density at radius 3 is 2.69 bits per heavy atom. The molecule has 1 aromatic carbocycles. The van der Waals surface area contributed by atoms with E-state index in [0.29, 0.717) is 0 Å². The molecule has 6 rings (SSSR count). The van der Waals surface area contributed by atoms with Crippen LogP contribution in [0.1, 0.15) is 68.1 Å². The lowest BCUT2D eigenvalue weighted by Crippen LogP contribution is -2.72. The van der Waals surface area contributed by atoms with Gasteiger partial charge in [-0.2, -0.15) is 5.10 Å². The zero-order valence-electron chi connectivity index (χ0n) is 22.3. The summed E-state index contributed by atoms with van der Waals surface area (Å²) in [5.41, 5.74) is 3.13. The summed E-state index contributed by atoms with van der Waals surface area (Å²) in [4.78, 5) is 5.32. The van der Waals surface area contributed by atoms with E-state index in [1.54, 1.807) is 7.11 Å². The largest absolute Gasteiger partial charge is 0.497 e. The molecule has 0 spiro atoms. The van der Waals surface area contributed by atoms with Crippen LogP contribution in [0.25, 0.3) is 0 Å². The zero-order chi connectivity index (χ0) is 24.8. The number of aromatic nitrogens is 2. The second kappa shape index (κ2) is 9.77. The molecule has 2 bridgehead atoms. The summed E-state index contributed by atoms with van der Waals surface area (Å²) in [5.74, 6) is 1.77. The Balaban J connectivity index is 1.33. The third-order valence-electron chi connectivity index (χ3n) is 9.88. The molecule has 3 unspecified atom stereocenters. The van der Waals surface area contributed by atoms with Crippen LogP contribution >= 0.6 is 0 Å². The van der Waals surface area contributed by atoms with Gasteiger partial charge in [0.1, 0.15) is 5.75 Å². The predicted molar refractivity (Wildman–Crippen MR) is 143 cm³/mol. The lowest BCUT2D eigenvalue weighted by Gasteiger charge is -2.62. The summed E-state index contributed by atoms with van der Waals surface area (Å²) >= 11 is 0. The average molecular weight is 493 g/mol. The van der Waals surface area contributed by atoms with E-state index in [2.05, 4.69) is 50.9 Å². The smallest absolute Gasteiger partial charge is 0.119 e. The van der Waals surface area contributed by atoms with Gasteiger partial charge in [-0.25, -0.2) is 0 Å². The number of nitrogens with zero attached hydrogens (tertiary/aromatic N) is 4. The first kappa shape index (κ1) is 24.4. The van der Waals surface area contributed by atoms with E-state index >= 15 is 0 Å². The average Bonchev–Trinajstić information content (AvgIpc) is 3.60. The molecule has 1 aromatic heterocycles. The molecule has 2 aliphatic carbocycles. The molecule has 3 fully saturated rings. The van der Waals surface area contributed by atoms with Gasteiger partial charge in [0, 0.05) is 30.7 Å². The zero-order valence-corrected chi connectivity index (χ0v) is 22.3. The van der Waals surface area contributed by atoms with Crippen molar-refractivity contribution < 1.29 is 9.84 Å². The Morgan fingerprint density at radius 2 is 1.92 bits per heavy atom. The van der Waals surface area contributed by atoms with Gasteiger partial charge in [0.15, 0.2) is 0 Å². The van der Waals surface area contributed by atoms with E-state index in [1.807, 2.05) is 6.20 Å². The molecule has 6 heteroatoms. The number of aryl methyl sites for hydroxylation is 1. The molecule has 6 nitrogen and oxygen atoms in total. The number of likely N-dealkylation sites (tertiary alicyclic amines) is 1.